The van der Waals surface area contributed by atoms with Crippen molar-refractivity contribution in [1.82, 2.24) is 5.32 Å². The molecule has 19 heavy (non-hydrogen) atoms. The smallest absolute Gasteiger partial charge is 0.291 e. The predicted octanol–water partition coefficient (Wildman–Crippen LogP) is 2.75. The highest BCUT2D eigenvalue weighted by molar-refractivity contribution is 6.04. The average Bonchev–Trinajstić information content (AvgIpc) is 2.35. The Hall–Kier alpha value is -1.91. The molecule has 0 unspecified atom stereocenters. The molecule has 5 heteroatoms. The van der Waals surface area contributed by atoms with E-state index in [1.54, 1.807) is 6.07 Å². The molecule has 1 amide bonds. The second kappa shape index (κ2) is 7.51. The molecule has 1 rings (SSSR count). The van der Waals surface area contributed by atoms with Crippen LogP contribution in [-0.4, -0.2) is 24.6 Å². The lowest BCUT2D eigenvalue weighted by Gasteiger charge is -2.11. The first-order valence-corrected chi connectivity index (χ1v) is 6.31. The fourth-order valence-electron chi connectivity index (χ4n) is 1.35. The van der Waals surface area contributed by atoms with E-state index in [0.717, 1.165) is 6.42 Å². The van der Waals surface area contributed by atoms with Crippen LogP contribution < -0.4 is 5.32 Å². The predicted molar refractivity (Wildman–Crippen MR) is 72.7 cm³/mol. The number of carbonyl (C=O) groups excluding carboxylic acids is 1. The van der Waals surface area contributed by atoms with Gasteiger partial charge < -0.3 is 4.74 Å². The quantitative estimate of drug-likeness (QED) is 0.673. The molecular weight excluding hydrogens is 247 g/mol. The van der Waals surface area contributed by atoms with Crippen molar-refractivity contribution in [3.63, 3.8) is 0 Å². The number of aliphatic imine (C=N–C) groups is 1. The minimum absolute atomic E-state index is 0.0206. The first-order chi connectivity index (χ1) is 9.04. The van der Waals surface area contributed by atoms with Gasteiger partial charge in [0.2, 0.25) is 0 Å². The van der Waals surface area contributed by atoms with Crippen molar-refractivity contribution in [2.24, 2.45) is 4.99 Å². The zero-order valence-electron chi connectivity index (χ0n) is 11.4. The molecule has 0 aliphatic rings. The van der Waals surface area contributed by atoms with Crippen molar-refractivity contribution in [1.29, 1.82) is 0 Å². The van der Waals surface area contributed by atoms with E-state index in [4.69, 9.17) is 4.74 Å². The van der Waals surface area contributed by atoms with Crippen LogP contribution in [0.1, 0.15) is 37.6 Å². The van der Waals surface area contributed by atoms with Crippen molar-refractivity contribution >= 4 is 11.9 Å². The second-order valence-electron chi connectivity index (χ2n) is 4.31. The van der Waals surface area contributed by atoms with E-state index in [1.807, 2.05) is 20.8 Å². The topological polar surface area (TPSA) is 50.7 Å². The highest BCUT2D eigenvalue weighted by Gasteiger charge is 2.14. The van der Waals surface area contributed by atoms with Crippen LogP contribution in [0.3, 0.4) is 0 Å². The van der Waals surface area contributed by atoms with Crippen LogP contribution in [0.2, 0.25) is 0 Å². The molecule has 0 atom stereocenters. The summed E-state index contributed by atoms with van der Waals surface area (Å²) in [5, 5.41) is 2.49. The van der Waals surface area contributed by atoms with E-state index in [-0.39, 0.29) is 17.6 Å². The SMILES string of the molecule is CCCOC(=NC(C)C)NC(=O)c1ccccc1F. The second-order valence-corrected chi connectivity index (χ2v) is 4.31. The fraction of sp³-hybridized carbons (Fsp3) is 0.429. The van der Waals surface area contributed by atoms with E-state index in [1.165, 1.54) is 18.2 Å². The maximum Gasteiger partial charge on any atom is 0.291 e. The molecule has 0 saturated carbocycles. The molecule has 0 heterocycles. The maximum atomic E-state index is 13.5. The molecule has 1 N–H and O–H groups in total. The highest BCUT2D eigenvalue weighted by atomic mass is 19.1. The number of amidine groups is 1. The summed E-state index contributed by atoms with van der Waals surface area (Å²) in [4.78, 5) is 16.1. The summed E-state index contributed by atoms with van der Waals surface area (Å²) in [6.45, 7) is 6.13. The summed E-state index contributed by atoms with van der Waals surface area (Å²) in [5.74, 6) is -1.13. The van der Waals surface area contributed by atoms with Gasteiger partial charge in [-0.05, 0) is 32.4 Å². The summed E-state index contributed by atoms with van der Waals surface area (Å²) < 4.78 is 18.8. The van der Waals surface area contributed by atoms with Crippen LogP contribution in [0, 0.1) is 5.82 Å². The minimum atomic E-state index is -0.570. The Morgan fingerprint density at radius 1 is 1.42 bits per heavy atom. The van der Waals surface area contributed by atoms with Gasteiger partial charge in [-0.15, -0.1) is 0 Å². The zero-order valence-corrected chi connectivity index (χ0v) is 11.4. The molecule has 0 radical (unpaired) electrons. The summed E-state index contributed by atoms with van der Waals surface area (Å²) in [5.41, 5.74) is -0.0287. The van der Waals surface area contributed by atoms with Gasteiger partial charge in [-0.1, -0.05) is 19.1 Å². The van der Waals surface area contributed by atoms with E-state index in [0.29, 0.717) is 6.61 Å². The van der Waals surface area contributed by atoms with Gasteiger partial charge in [0, 0.05) is 6.04 Å². The number of benzene rings is 1. The summed E-state index contributed by atoms with van der Waals surface area (Å²) in [6.07, 6.45) is 0.798. The molecule has 1 aromatic carbocycles. The van der Waals surface area contributed by atoms with Gasteiger partial charge in [0.1, 0.15) is 5.82 Å². The highest BCUT2D eigenvalue weighted by Crippen LogP contribution is 2.06. The van der Waals surface area contributed by atoms with Crippen LogP contribution in [0.25, 0.3) is 0 Å². The van der Waals surface area contributed by atoms with Crippen molar-refractivity contribution in [3.05, 3.63) is 35.6 Å². The first kappa shape index (κ1) is 15.1. The van der Waals surface area contributed by atoms with E-state index in [9.17, 15) is 9.18 Å². The number of nitrogens with zero attached hydrogens (tertiary/aromatic N) is 1. The van der Waals surface area contributed by atoms with Gasteiger partial charge in [0.15, 0.2) is 0 Å². The number of ether oxygens (including phenoxy) is 1. The lowest BCUT2D eigenvalue weighted by molar-refractivity contribution is 0.0961. The maximum absolute atomic E-state index is 13.5. The Bertz CT molecular complexity index is 459. The summed E-state index contributed by atoms with van der Waals surface area (Å²) in [7, 11) is 0. The molecule has 0 saturated heterocycles. The molecule has 0 aliphatic heterocycles. The van der Waals surface area contributed by atoms with Crippen LogP contribution in [-0.2, 0) is 4.74 Å². The number of halogens is 1. The molecule has 4 nitrogen and oxygen atoms in total. The summed E-state index contributed by atoms with van der Waals surface area (Å²) >= 11 is 0. The summed E-state index contributed by atoms with van der Waals surface area (Å²) in [6, 6.07) is 5.89. The molecule has 0 fully saturated rings. The first-order valence-electron chi connectivity index (χ1n) is 6.31. The van der Waals surface area contributed by atoms with Crippen molar-refractivity contribution < 1.29 is 13.9 Å². The number of carbonyl (C=O) groups is 1. The van der Waals surface area contributed by atoms with Crippen LogP contribution in [0.15, 0.2) is 29.3 Å². The molecule has 1 aromatic rings. The number of rotatable bonds is 4. The third-order valence-corrected chi connectivity index (χ3v) is 2.16. The average molecular weight is 266 g/mol. The largest absolute Gasteiger partial charge is 0.465 e. The Balaban J connectivity index is 2.79. The number of hydrogen-bond donors (Lipinski definition) is 1. The minimum Gasteiger partial charge on any atom is -0.465 e. The Morgan fingerprint density at radius 3 is 2.68 bits per heavy atom. The van der Waals surface area contributed by atoms with Gasteiger partial charge in [0.05, 0.1) is 12.2 Å². The van der Waals surface area contributed by atoms with Crippen LogP contribution in [0.5, 0.6) is 0 Å². The molecule has 104 valence electrons. The zero-order chi connectivity index (χ0) is 14.3. The van der Waals surface area contributed by atoms with Gasteiger partial charge in [-0.25, -0.2) is 9.38 Å². The normalized spacial score (nSPS) is 11.5. The van der Waals surface area contributed by atoms with E-state index in [2.05, 4.69) is 10.3 Å². The van der Waals surface area contributed by atoms with Gasteiger partial charge in [-0.2, -0.15) is 0 Å². The van der Waals surface area contributed by atoms with Crippen molar-refractivity contribution in [2.75, 3.05) is 6.61 Å². The molecule has 0 bridgehead atoms. The Morgan fingerprint density at radius 2 is 2.11 bits per heavy atom. The van der Waals surface area contributed by atoms with E-state index < -0.39 is 11.7 Å². The number of hydrogen-bond acceptors (Lipinski definition) is 3. The van der Waals surface area contributed by atoms with Gasteiger partial charge in [-0.3, -0.25) is 10.1 Å². The third-order valence-electron chi connectivity index (χ3n) is 2.16. The molecule has 0 spiro atoms. The Labute approximate surface area is 112 Å². The van der Waals surface area contributed by atoms with Gasteiger partial charge in [0.25, 0.3) is 11.9 Å². The van der Waals surface area contributed by atoms with Crippen LogP contribution in [0.4, 0.5) is 4.39 Å². The van der Waals surface area contributed by atoms with Crippen molar-refractivity contribution in [2.45, 2.75) is 33.2 Å². The molecule has 0 aliphatic carbocycles. The standard InChI is InChI=1S/C14H19FN2O2/c1-4-9-19-14(16-10(2)3)17-13(18)11-7-5-6-8-12(11)15/h5-8,10H,4,9H2,1-3H3,(H,16,17,18). The monoisotopic (exact) mass is 266 g/mol. The molecule has 0 aromatic heterocycles. The number of amides is 1. The lowest BCUT2D eigenvalue weighted by Crippen LogP contribution is -2.34. The van der Waals surface area contributed by atoms with Gasteiger partial charge >= 0.3 is 0 Å². The molecular formula is C14H19FN2O2. The Kier molecular flexibility index (Phi) is 5.99. The lowest BCUT2D eigenvalue weighted by atomic mass is 10.2. The number of nitrogens with one attached hydrogen (secondary N) is 1. The third kappa shape index (κ3) is 5.07. The van der Waals surface area contributed by atoms with Crippen molar-refractivity contribution in [3.8, 4) is 0 Å². The van der Waals surface area contributed by atoms with E-state index >= 15 is 0 Å². The van der Waals surface area contributed by atoms with Crippen LogP contribution >= 0.6 is 0 Å². The fourth-order valence-corrected chi connectivity index (χ4v) is 1.35.